The number of carbonyl (C=O) groups is 2. The molecule has 23 heavy (non-hydrogen) atoms. The van der Waals surface area contributed by atoms with Crippen LogP contribution in [0.2, 0.25) is 0 Å². The normalized spacial score (nSPS) is 19.0. The van der Waals surface area contributed by atoms with Crippen LogP contribution in [0.25, 0.3) is 0 Å². The largest absolute Gasteiger partial charge is 0.378 e. The Labute approximate surface area is 137 Å². The Morgan fingerprint density at radius 3 is 2.52 bits per heavy atom. The van der Waals surface area contributed by atoms with Gasteiger partial charge in [-0.05, 0) is 32.0 Å². The van der Waals surface area contributed by atoms with Gasteiger partial charge in [-0.25, -0.2) is 0 Å². The Bertz CT molecular complexity index is 586. The van der Waals surface area contributed by atoms with Crippen molar-refractivity contribution >= 4 is 17.5 Å². The van der Waals surface area contributed by atoms with Crippen molar-refractivity contribution in [2.24, 2.45) is 5.73 Å². The van der Waals surface area contributed by atoms with Crippen LogP contribution in [0, 0.1) is 0 Å². The van der Waals surface area contributed by atoms with E-state index in [4.69, 9.17) is 5.73 Å². The molecule has 2 N–H and O–H groups in total. The molecule has 6 heteroatoms. The standard InChI is InChI=1S/C17H26N4O2/c1-12(2)21-9-8-20(11-15(21)16(18)22)17(23)13-6-5-7-14(10-13)19(3)4/h5-7,10,12,15H,8-9,11H2,1-4H3,(H2,18,22). The zero-order valence-electron chi connectivity index (χ0n) is 14.3. The van der Waals surface area contributed by atoms with Crippen LogP contribution < -0.4 is 10.6 Å². The van der Waals surface area contributed by atoms with E-state index in [9.17, 15) is 9.59 Å². The van der Waals surface area contributed by atoms with Crippen LogP contribution in [0.5, 0.6) is 0 Å². The van der Waals surface area contributed by atoms with Gasteiger partial charge in [0.15, 0.2) is 0 Å². The summed E-state index contributed by atoms with van der Waals surface area (Å²) in [5.41, 5.74) is 7.15. The summed E-state index contributed by atoms with van der Waals surface area (Å²) < 4.78 is 0. The van der Waals surface area contributed by atoms with E-state index in [0.717, 1.165) is 5.69 Å². The fourth-order valence-corrected chi connectivity index (χ4v) is 2.95. The highest BCUT2D eigenvalue weighted by Gasteiger charge is 2.34. The molecule has 1 unspecified atom stereocenters. The highest BCUT2D eigenvalue weighted by molar-refractivity contribution is 5.95. The van der Waals surface area contributed by atoms with Crippen LogP contribution >= 0.6 is 0 Å². The number of nitrogens with two attached hydrogens (primary N) is 1. The smallest absolute Gasteiger partial charge is 0.254 e. The molecule has 0 radical (unpaired) electrons. The summed E-state index contributed by atoms with van der Waals surface area (Å²) in [7, 11) is 3.88. The molecule has 0 saturated carbocycles. The lowest BCUT2D eigenvalue weighted by atomic mass is 10.1. The van der Waals surface area contributed by atoms with Crippen molar-refractivity contribution in [1.29, 1.82) is 0 Å². The third kappa shape index (κ3) is 3.82. The maximum atomic E-state index is 12.8. The van der Waals surface area contributed by atoms with Crippen LogP contribution in [-0.4, -0.2) is 67.4 Å². The fraction of sp³-hybridized carbons (Fsp3) is 0.529. The Morgan fingerprint density at radius 2 is 1.96 bits per heavy atom. The maximum absolute atomic E-state index is 12.8. The number of primary amides is 1. The molecular weight excluding hydrogens is 292 g/mol. The number of hydrogen-bond acceptors (Lipinski definition) is 4. The van der Waals surface area contributed by atoms with Crippen molar-refractivity contribution in [3.05, 3.63) is 29.8 Å². The van der Waals surface area contributed by atoms with E-state index in [1.54, 1.807) is 4.90 Å². The van der Waals surface area contributed by atoms with E-state index in [1.165, 1.54) is 0 Å². The van der Waals surface area contributed by atoms with E-state index in [0.29, 0.717) is 25.2 Å². The van der Waals surface area contributed by atoms with E-state index < -0.39 is 6.04 Å². The van der Waals surface area contributed by atoms with Crippen molar-refractivity contribution in [2.75, 3.05) is 38.6 Å². The summed E-state index contributed by atoms with van der Waals surface area (Å²) in [4.78, 5) is 30.3. The topological polar surface area (TPSA) is 69.9 Å². The predicted molar refractivity (Wildman–Crippen MR) is 91.5 cm³/mol. The average Bonchev–Trinajstić information content (AvgIpc) is 2.53. The van der Waals surface area contributed by atoms with E-state index in [-0.39, 0.29) is 17.9 Å². The zero-order valence-corrected chi connectivity index (χ0v) is 14.3. The van der Waals surface area contributed by atoms with E-state index in [1.807, 2.05) is 57.1 Å². The number of hydrogen-bond donors (Lipinski definition) is 1. The second-order valence-corrected chi connectivity index (χ2v) is 6.45. The van der Waals surface area contributed by atoms with Gasteiger partial charge >= 0.3 is 0 Å². The molecule has 1 aliphatic rings. The number of benzene rings is 1. The monoisotopic (exact) mass is 318 g/mol. The molecular formula is C17H26N4O2. The number of nitrogens with zero attached hydrogens (tertiary/aromatic N) is 3. The molecule has 0 aromatic heterocycles. The highest BCUT2D eigenvalue weighted by atomic mass is 16.2. The summed E-state index contributed by atoms with van der Waals surface area (Å²) in [6.45, 7) is 5.68. The van der Waals surface area contributed by atoms with Crippen molar-refractivity contribution in [2.45, 2.75) is 25.9 Å². The number of piperazine rings is 1. The molecule has 1 aromatic rings. The molecule has 126 valence electrons. The fourth-order valence-electron chi connectivity index (χ4n) is 2.95. The molecule has 6 nitrogen and oxygen atoms in total. The Balaban J connectivity index is 2.17. The number of carbonyl (C=O) groups excluding carboxylic acids is 2. The molecule has 0 spiro atoms. The second-order valence-electron chi connectivity index (χ2n) is 6.45. The van der Waals surface area contributed by atoms with Gasteiger partial charge in [-0.1, -0.05) is 6.07 Å². The maximum Gasteiger partial charge on any atom is 0.254 e. The third-order valence-electron chi connectivity index (χ3n) is 4.31. The van der Waals surface area contributed by atoms with Gasteiger partial charge in [0.25, 0.3) is 5.91 Å². The van der Waals surface area contributed by atoms with Crippen LogP contribution in [0.15, 0.2) is 24.3 Å². The minimum atomic E-state index is -0.426. The van der Waals surface area contributed by atoms with E-state index in [2.05, 4.69) is 4.90 Å². The number of anilines is 1. The Hall–Kier alpha value is -2.08. The van der Waals surface area contributed by atoms with Crippen LogP contribution in [0.3, 0.4) is 0 Å². The Morgan fingerprint density at radius 1 is 1.26 bits per heavy atom. The first-order chi connectivity index (χ1) is 10.8. The van der Waals surface area contributed by atoms with Gasteiger partial charge < -0.3 is 15.5 Å². The van der Waals surface area contributed by atoms with Crippen molar-refractivity contribution in [3.8, 4) is 0 Å². The molecule has 2 amide bonds. The Kier molecular flexibility index (Phi) is 5.26. The first-order valence-corrected chi connectivity index (χ1v) is 7.93. The summed E-state index contributed by atoms with van der Waals surface area (Å²) in [6, 6.07) is 7.31. The predicted octanol–water partition coefficient (Wildman–Crippen LogP) is 0.773. The lowest BCUT2D eigenvalue weighted by molar-refractivity contribution is -0.126. The molecule has 0 aliphatic carbocycles. The van der Waals surface area contributed by atoms with E-state index >= 15 is 0 Å². The molecule has 1 aromatic carbocycles. The summed E-state index contributed by atoms with van der Waals surface area (Å²) in [5.74, 6) is -0.429. The van der Waals surface area contributed by atoms with Crippen molar-refractivity contribution < 1.29 is 9.59 Å². The number of rotatable bonds is 4. The first kappa shape index (κ1) is 17.3. The van der Waals surface area contributed by atoms with Crippen LogP contribution in [-0.2, 0) is 4.79 Å². The molecule has 1 aliphatic heterocycles. The zero-order chi connectivity index (χ0) is 17.1. The van der Waals surface area contributed by atoms with Gasteiger partial charge in [0, 0.05) is 51.0 Å². The lowest BCUT2D eigenvalue weighted by Gasteiger charge is -2.42. The highest BCUT2D eigenvalue weighted by Crippen LogP contribution is 2.18. The molecule has 1 atom stereocenters. The average molecular weight is 318 g/mol. The van der Waals surface area contributed by atoms with Gasteiger partial charge in [-0.2, -0.15) is 0 Å². The SMILES string of the molecule is CC(C)N1CCN(C(=O)c2cccc(N(C)C)c2)CC1C(N)=O. The first-order valence-electron chi connectivity index (χ1n) is 7.93. The summed E-state index contributed by atoms with van der Waals surface area (Å²) >= 11 is 0. The van der Waals surface area contributed by atoms with Crippen LogP contribution in [0.4, 0.5) is 5.69 Å². The summed E-state index contributed by atoms with van der Waals surface area (Å²) in [6.07, 6.45) is 0. The molecule has 0 bridgehead atoms. The molecule has 1 heterocycles. The second kappa shape index (κ2) is 7.00. The lowest BCUT2D eigenvalue weighted by Crippen LogP contribution is -2.61. The quantitative estimate of drug-likeness (QED) is 0.890. The summed E-state index contributed by atoms with van der Waals surface area (Å²) in [5, 5.41) is 0. The van der Waals surface area contributed by atoms with Crippen molar-refractivity contribution in [1.82, 2.24) is 9.80 Å². The van der Waals surface area contributed by atoms with Gasteiger partial charge in [-0.3, -0.25) is 14.5 Å². The third-order valence-corrected chi connectivity index (χ3v) is 4.31. The minimum Gasteiger partial charge on any atom is -0.378 e. The van der Waals surface area contributed by atoms with Gasteiger partial charge in [0.05, 0.1) is 0 Å². The van der Waals surface area contributed by atoms with Gasteiger partial charge in [0.1, 0.15) is 6.04 Å². The van der Waals surface area contributed by atoms with Crippen LogP contribution in [0.1, 0.15) is 24.2 Å². The molecule has 1 saturated heterocycles. The number of amides is 2. The van der Waals surface area contributed by atoms with Gasteiger partial charge in [-0.15, -0.1) is 0 Å². The van der Waals surface area contributed by atoms with Gasteiger partial charge in [0.2, 0.25) is 5.91 Å². The van der Waals surface area contributed by atoms with Crippen molar-refractivity contribution in [3.63, 3.8) is 0 Å². The molecule has 1 fully saturated rings. The minimum absolute atomic E-state index is 0.0524. The molecule has 2 rings (SSSR count).